The van der Waals surface area contributed by atoms with E-state index in [4.69, 9.17) is 16.0 Å². The van der Waals surface area contributed by atoms with E-state index < -0.39 is 0 Å². The monoisotopic (exact) mass is 363 g/mol. The number of benzene rings is 2. The first-order chi connectivity index (χ1) is 10.1. The zero-order chi connectivity index (χ0) is 15.0. The Labute approximate surface area is 137 Å². The van der Waals surface area contributed by atoms with Gasteiger partial charge in [-0.25, -0.2) is 0 Å². The normalized spacial score (nSPS) is 12.8. The quantitative estimate of drug-likeness (QED) is 0.667. The summed E-state index contributed by atoms with van der Waals surface area (Å²) in [6.45, 7) is 2.05. The van der Waals surface area contributed by atoms with Gasteiger partial charge in [-0.05, 0) is 49.4 Å². The van der Waals surface area contributed by atoms with E-state index in [1.807, 2.05) is 31.3 Å². The molecule has 0 saturated carbocycles. The second kappa shape index (κ2) is 5.84. The van der Waals surface area contributed by atoms with Crippen molar-refractivity contribution >= 4 is 38.5 Å². The van der Waals surface area contributed by atoms with Crippen molar-refractivity contribution in [3.8, 4) is 0 Å². The molecule has 21 heavy (non-hydrogen) atoms. The molecule has 0 amide bonds. The fraction of sp³-hybridized carbons (Fsp3) is 0.176. The van der Waals surface area contributed by atoms with Crippen molar-refractivity contribution in [3.05, 3.63) is 68.8 Å². The van der Waals surface area contributed by atoms with Gasteiger partial charge in [-0.2, -0.15) is 0 Å². The summed E-state index contributed by atoms with van der Waals surface area (Å²) in [5.41, 5.74) is 3.13. The molecule has 1 atom stereocenters. The smallest absolute Gasteiger partial charge is 0.137 e. The molecule has 108 valence electrons. The third-order valence-corrected chi connectivity index (χ3v) is 4.56. The van der Waals surface area contributed by atoms with Crippen molar-refractivity contribution in [2.75, 3.05) is 7.05 Å². The number of hydrogen-bond donors (Lipinski definition) is 1. The number of rotatable bonds is 3. The lowest BCUT2D eigenvalue weighted by atomic mass is 10.0. The second-order valence-electron chi connectivity index (χ2n) is 5.03. The first kappa shape index (κ1) is 14.6. The first-order valence-electron chi connectivity index (χ1n) is 6.71. The summed E-state index contributed by atoms with van der Waals surface area (Å²) in [6, 6.07) is 14.0. The molecule has 0 radical (unpaired) electrons. The minimum Gasteiger partial charge on any atom is -0.459 e. The molecule has 0 aliphatic rings. The van der Waals surface area contributed by atoms with Gasteiger partial charge < -0.3 is 9.73 Å². The van der Waals surface area contributed by atoms with Gasteiger partial charge in [0, 0.05) is 14.9 Å². The van der Waals surface area contributed by atoms with Crippen LogP contribution in [0, 0.1) is 6.92 Å². The van der Waals surface area contributed by atoms with Crippen molar-refractivity contribution in [1.82, 2.24) is 5.32 Å². The highest BCUT2D eigenvalue weighted by molar-refractivity contribution is 9.10. The fourth-order valence-electron chi connectivity index (χ4n) is 2.56. The number of hydrogen-bond acceptors (Lipinski definition) is 2. The number of nitrogens with one attached hydrogen (secondary N) is 1. The number of fused-ring (bicyclic) bond motifs is 1. The molecule has 0 aliphatic carbocycles. The molecule has 3 aromatic rings. The Morgan fingerprint density at radius 3 is 2.71 bits per heavy atom. The molecule has 3 rings (SSSR count). The van der Waals surface area contributed by atoms with Gasteiger partial charge in [-0.15, -0.1) is 0 Å². The Balaban J connectivity index is 2.13. The van der Waals surface area contributed by atoms with E-state index in [0.717, 1.165) is 32.3 Å². The van der Waals surface area contributed by atoms with E-state index in [-0.39, 0.29) is 6.04 Å². The minimum atomic E-state index is -0.0510. The highest BCUT2D eigenvalue weighted by Gasteiger charge is 2.20. The van der Waals surface area contributed by atoms with Gasteiger partial charge in [-0.3, -0.25) is 0 Å². The van der Waals surface area contributed by atoms with E-state index in [1.165, 1.54) is 0 Å². The van der Waals surface area contributed by atoms with E-state index in [1.54, 1.807) is 0 Å². The maximum Gasteiger partial charge on any atom is 0.137 e. The molecular formula is C17H15BrClNO. The SMILES string of the molecule is CNC(c1cc2cccc(C)c2o1)c1cc(Cl)ccc1Br. The van der Waals surface area contributed by atoms with Crippen molar-refractivity contribution in [3.63, 3.8) is 0 Å². The molecule has 1 unspecified atom stereocenters. The minimum absolute atomic E-state index is 0.0510. The molecule has 1 heterocycles. The van der Waals surface area contributed by atoms with Crippen LogP contribution in [-0.4, -0.2) is 7.05 Å². The molecule has 1 N–H and O–H groups in total. The lowest BCUT2D eigenvalue weighted by molar-refractivity contribution is 0.489. The molecule has 0 aliphatic heterocycles. The summed E-state index contributed by atoms with van der Waals surface area (Å²) < 4.78 is 7.08. The maximum atomic E-state index is 6.13. The van der Waals surface area contributed by atoms with E-state index >= 15 is 0 Å². The van der Waals surface area contributed by atoms with E-state index in [2.05, 4.69) is 46.4 Å². The van der Waals surface area contributed by atoms with Crippen LogP contribution in [0.2, 0.25) is 5.02 Å². The predicted octanol–water partition coefficient (Wildman–Crippen LogP) is 5.47. The average molecular weight is 365 g/mol. The third kappa shape index (κ3) is 2.73. The molecule has 2 nitrogen and oxygen atoms in total. The summed E-state index contributed by atoms with van der Waals surface area (Å²) in [6.07, 6.45) is 0. The van der Waals surface area contributed by atoms with Gasteiger partial charge in [0.1, 0.15) is 11.3 Å². The zero-order valence-electron chi connectivity index (χ0n) is 11.8. The lowest BCUT2D eigenvalue weighted by Crippen LogP contribution is -2.17. The molecule has 0 bridgehead atoms. The topological polar surface area (TPSA) is 25.2 Å². The van der Waals surface area contributed by atoms with Gasteiger partial charge in [0.05, 0.1) is 6.04 Å². The van der Waals surface area contributed by atoms with Crippen LogP contribution in [0.15, 0.2) is 51.4 Å². The Kier molecular flexibility index (Phi) is 4.07. The Bertz CT molecular complexity index is 797. The first-order valence-corrected chi connectivity index (χ1v) is 7.88. The Morgan fingerprint density at radius 1 is 1.19 bits per heavy atom. The van der Waals surface area contributed by atoms with Gasteiger partial charge in [0.25, 0.3) is 0 Å². The highest BCUT2D eigenvalue weighted by Crippen LogP contribution is 2.34. The van der Waals surface area contributed by atoms with Crippen LogP contribution in [0.4, 0.5) is 0 Å². The lowest BCUT2D eigenvalue weighted by Gasteiger charge is -2.16. The second-order valence-corrected chi connectivity index (χ2v) is 6.32. The number of halogens is 2. The third-order valence-electron chi connectivity index (χ3n) is 3.60. The molecule has 2 aromatic carbocycles. The average Bonchev–Trinajstić information content (AvgIpc) is 2.89. The number of para-hydroxylation sites is 1. The standard InChI is InChI=1S/C17H15BrClNO/c1-10-4-3-5-11-8-15(21-17(10)11)16(20-2)13-9-12(19)6-7-14(13)18/h3-9,16,20H,1-2H3. The van der Waals surface area contributed by atoms with E-state index in [0.29, 0.717) is 5.02 Å². The predicted molar refractivity (Wildman–Crippen MR) is 91.0 cm³/mol. The summed E-state index contributed by atoms with van der Waals surface area (Å²) in [7, 11) is 1.91. The fourth-order valence-corrected chi connectivity index (χ4v) is 3.21. The molecule has 4 heteroatoms. The van der Waals surface area contributed by atoms with Crippen molar-refractivity contribution in [1.29, 1.82) is 0 Å². The Morgan fingerprint density at radius 2 is 2.00 bits per heavy atom. The molecule has 0 spiro atoms. The van der Waals surface area contributed by atoms with Crippen molar-refractivity contribution in [2.24, 2.45) is 0 Å². The van der Waals surface area contributed by atoms with Gasteiger partial charge in [0.2, 0.25) is 0 Å². The molecule has 0 fully saturated rings. The summed E-state index contributed by atoms with van der Waals surface area (Å²) in [5, 5.41) is 5.12. The van der Waals surface area contributed by atoms with Gasteiger partial charge in [0.15, 0.2) is 0 Å². The highest BCUT2D eigenvalue weighted by atomic mass is 79.9. The van der Waals surface area contributed by atoms with Crippen LogP contribution < -0.4 is 5.32 Å². The van der Waals surface area contributed by atoms with Crippen LogP contribution in [0.5, 0.6) is 0 Å². The maximum absolute atomic E-state index is 6.13. The van der Waals surface area contributed by atoms with Crippen LogP contribution >= 0.6 is 27.5 Å². The van der Waals surface area contributed by atoms with Crippen molar-refractivity contribution in [2.45, 2.75) is 13.0 Å². The van der Waals surface area contributed by atoms with E-state index in [9.17, 15) is 0 Å². The van der Waals surface area contributed by atoms with Gasteiger partial charge >= 0.3 is 0 Å². The summed E-state index contributed by atoms with van der Waals surface area (Å²) in [5.74, 6) is 0.879. The number of aryl methyl sites for hydroxylation is 1. The van der Waals surface area contributed by atoms with Crippen LogP contribution in [0.3, 0.4) is 0 Å². The zero-order valence-corrected chi connectivity index (χ0v) is 14.1. The summed E-state index contributed by atoms with van der Waals surface area (Å²) in [4.78, 5) is 0. The van der Waals surface area contributed by atoms with Crippen LogP contribution in [-0.2, 0) is 0 Å². The summed E-state index contributed by atoms with van der Waals surface area (Å²) >= 11 is 9.72. The Hall–Kier alpha value is -1.29. The van der Waals surface area contributed by atoms with Crippen LogP contribution in [0.25, 0.3) is 11.0 Å². The molecular weight excluding hydrogens is 350 g/mol. The number of furan rings is 1. The van der Waals surface area contributed by atoms with Crippen LogP contribution in [0.1, 0.15) is 22.9 Å². The van der Waals surface area contributed by atoms with Gasteiger partial charge in [-0.1, -0.05) is 45.7 Å². The van der Waals surface area contributed by atoms with Crippen molar-refractivity contribution < 1.29 is 4.42 Å². The molecule has 1 aromatic heterocycles. The molecule has 0 saturated heterocycles. The largest absolute Gasteiger partial charge is 0.459 e.